The van der Waals surface area contributed by atoms with Crippen LogP contribution in [0.5, 0.6) is 0 Å². The van der Waals surface area contributed by atoms with Crippen molar-refractivity contribution in [3.05, 3.63) is 0 Å². The van der Waals surface area contributed by atoms with Crippen LogP contribution in [0.2, 0.25) is 0 Å². The Kier molecular flexibility index (Phi) is 8.24. The van der Waals surface area contributed by atoms with E-state index in [9.17, 15) is 0 Å². The van der Waals surface area contributed by atoms with E-state index in [1.54, 1.807) is 0 Å². The third-order valence-corrected chi connectivity index (χ3v) is 6.75. The van der Waals surface area contributed by atoms with Crippen LogP contribution in [0.3, 0.4) is 0 Å². The van der Waals surface area contributed by atoms with E-state index < -0.39 is 0 Å². The predicted octanol–water partition coefficient (Wildman–Crippen LogP) is 3.89. The maximum atomic E-state index is 5.61. The van der Waals surface area contributed by atoms with Gasteiger partial charge in [0, 0.05) is 24.2 Å². The molecule has 3 aliphatic rings. The molecule has 3 fully saturated rings. The molecule has 0 bridgehead atoms. The normalized spacial score (nSPS) is 28.2. The Labute approximate surface area is 170 Å². The SMILES string of the molecule is S=C(NC1CCCCC1)N[C@H]1CCCC[C@@H]1NC(=S)NC1CCCCC1. The molecule has 3 rings (SSSR count). The summed E-state index contributed by atoms with van der Waals surface area (Å²) in [5.41, 5.74) is 0. The van der Waals surface area contributed by atoms with Gasteiger partial charge in [-0.3, -0.25) is 0 Å². The van der Waals surface area contributed by atoms with Crippen LogP contribution in [0.4, 0.5) is 0 Å². The van der Waals surface area contributed by atoms with Gasteiger partial charge in [-0.05, 0) is 63.0 Å². The first kappa shape index (κ1) is 20.1. The summed E-state index contributed by atoms with van der Waals surface area (Å²) in [6.45, 7) is 0. The molecule has 3 saturated carbocycles. The molecule has 4 nitrogen and oxygen atoms in total. The van der Waals surface area contributed by atoms with Crippen molar-refractivity contribution in [2.45, 2.75) is 114 Å². The molecule has 148 valence electrons. The van der Waals surface area contributed by atoms with Gasteiger partial charge in [0.05, 0.1) is 0 Å². The average molecular weight is 397 g/mol. The summed E-state index contributed by atoms with van der Waals surface area (Å²) in [5, 5.41) is 16.0. The quantitative estimate of drug-likeness (QED) is 0.541. The van der Waals surface area contributed by atoms with E-state index >= 15 is 0 Å². The minimum absolute atomic E-state index is 0.374. The molecular weight excluding hydrogens is 360 g/mol. The van der Waals surface area contributed by atoms with E-state index in [1.165, 1.54) is 77.0 Å². The van der Waals surface area contributed by atoms with Crippen molar-refractivity contribution in [3.63, 3.8) is 0 Å². The van der Waals surface area contributed by atoms with Crippen LogP contribution in [-0.4, -0.2) is 34.4 Å². The highest BCUT2D eigenvalue weighted by Crippen LogP contribution is 2.21. The summed E-state index contributed by atoms with van der Waals surface area (Å²) in [7, 11) is 0. The van der Waals surface area contributed by atoms with Gasteiger partial charge >= 0.3 is 0 Å². The van der Waals surface area contributed by atoms with Gasteiger partial charge in [0.15, 0.2) is 10.2 Å². The molecule has 0 spiro atoms. The lowest BCUT2D eigenvalue weighted by Gasteiger charge is -2.36. The molecule has 0 aromatic heterocycles. The molecule has 0 aromatic carbocycles. The van der Waals surface area contributed by atoms with Crippen LogP contribution in [0.25, 0.3) is 0 Å². The first-order chi connectivity index (χ1) is 12.7. The van der Waals surface area contributed by atoms with Crippen LogP contribution in [-0.2, 0) is 0 Å². The van der Waals surface area contributed by atoms with E-state index in [0.29, 0.717) is 24.2 Å². The van der Waals surface area contributed by atoms with Crippen LogP contribution in [0.15, 0.2) is 0 Å². The van der Waals surface area contributed by atoms with Gasteiger partial charge in [-0.1, -0.05) is 51.4 Å². The third-order valence-electron chi connectivity index (χ3n) is 6.28. The fraction of sp³-hybridized carbons (Fsp3) is 0.900. The summed E-state index contributed by atoms with van der Waals surface area (Å²) < 4.78 is 0. The fourth-order valence-corrected chi connectivity index (χ4v) is 5.40. The van der Waals surface area contributed by atoms with Gasteiger partial charge in [0.25, 0.3) is 0 Å². The first-order valence-corrected chi connectivity index (χ1v) is 11.7. The van der Waals surface area contributed by atoms with E-state index in [-0.39, 0.29) is 0 Å². The highest BCUT2D eigenvalue weighted by atomic mass is 32.1. The summed E-state index contributed by atoms with van der Waals surface area (Å²) in [4.78, 5) is 0. The van der Waals surface area contributed by atoms with Crippen molar-refractivity contribution in [1.29, 1.82) is 0 Å². The molecule has 6 heteroatoms. The van der Waals surface area contributed by atoms with Crippen molar-refractivity contribution in [2.24, 2.45) is 0 Å². The lowest BCUT2D eigenvalue weighted by molar-refractivity contribution is 0.330. The van der Waals surface area contributed by atoms with Crippen LogP contribution in [0.1, 0.15) is 89.9 Å². The van der Waals surface area contributed by atoms with E-state index in [2.05, 4.69) is 21.3 Å². The first-order valence-electron chi connectivity index (χ1n) is 10.8. The van der Waals surface area contributed by atoms with Crippen molar-refractivity contribution < 1.29 is 0 Å². The minimum Gasteiger partial charge on any atom is -0.360 e. The second kappa shape index (κ2) is 10.6. The van der Waals surface area contributed by atoms with Gasteiger partial charge in [-0.2, -0.15) is 0 Å². The number of hydrogen-bond acceptors (Lipinski definition) is 2. The molecule has 0 aliphatic heterocycles. The Morgan fingerprint density at radius 1 is 0.462 bits per heavy atom. The van der Waals surface area contributed by atoms with Gasteiger partial charge in [0.1, 0.15) is 0 Å². The van der Waals surface area contributed by atoms with Crippen LogP contribution in [0, 0.1) is 0 Å². The number of thiocarbonyl (C=S) groups is 2. The number of hydrogen-bond donors (Lipinski definition) is 4. The molecule has 26 heavy (non-hydrogen) atoms. The van der Waals surface area contributed by atoms with Gasteiger partial charge in [-0.25, -0.2) is 0 Å². The number of rotatable bonds is 4. The van der Waals surface area contributed by atoms with E-state index in [4.69, 9.17) is 24.4 Å². The molecule has 0 aromatic rings. The third kappa shape index (κ3) is 6.52. The molecule has 0 saturated heterocycles. The Bertz CT molecular complexity index is 417. The van der Waals surface area contributed by atoms with Crippen molar-refractivity contribution in [3.8, 4) is 0 Å². The lowest BCUT2D eigenvalue weighted by atomic mass is 9.90. The van der Waals surface area contributed by atoms with Gasteiger partial charge in [-0.15, -0.1) is 0 Å². The van der Waals surface area contributed by atoms with Gasteiger partial charge < -0.3 is 21.3 Å². The Morgan fingerprint density at radius 3 is 1.19 bits per heavy atom. The summed E-state index contributed by atoms with van der Waals surface area (Å²) in [6, 6.07) is 1.87. The maximum absolute atomic E-state index is 5.61. The molecule has 3 aliphatic carbocycles. The fourth-order valence-electron chi connectivity index (χ4n) is 4.76. The Morgan fingerprint density at radius 2 is 0.808 bits per heavy atom. The number of nitrogens with one attached hydrogen (secondary N) is 4. The summed E-state index contributed by atoms with van der Waals surface area (Å²) in [6.07, 6.45) is 17.9. The zero-order valence-electron chi connectivity index (χ0n) is 16.0. The molecule has 0 radical (unpaired) electrons. The van der Waals surface area contributed by atoms with Crippen molar-refractivity contribution in [2.75, 3.05) is 0 Å². The molecule has 0 heterocycles. The highest BCUT2D eigenvalue weighted by Gasteiger charge is 2.27. The zero-order chi connectivity index (χ0) is 18.2. The molecule has 0 amide bonds. The standard InChI is InChI=1S/C20H36N4S2/c25-19(21-15-9-3-1-4-10-15)23-17-13-7-8-14-18(17)24-20(26)22-16-11-5-2-6-12-16/h15-18H,1-14H2,(H2,21,23,25)(H2,22,24,26)/t17-,18-/m0/s1. The Hall–Kier alpha value is -0.620. The zero-order valence-corrected chi connectivity index (χ0v) is 17.7. The summed E-state index contributed by atoms with van der Waals surface area (Å²) >= 11 is 11.2. The molecule has 0 unspecified atom stereocenters. The monoisotopic (exact) mass is 396 g/mol. The molecule has 2 atom stereocenters. The highest BCUT2D eigenvalue weighted by molar-refractivity contribution is 7.80. The van der Waals surface area contributed by atoms with Crippen molar-refractivity contribution >= 4 is 34.7 Å². The van der Waals surface area contributed by atoms with Crippen LogP contribution < -0.4 is 21.3 Å². The molecular formula is C20H36N4S2. The topological polar surface area (TPSA) is 48.1 Å². The molecule has 4 N–H and O–H groups in total. The van der Waals surface area contributed by atoms with E-state index in [0.717, 1.165) is 23.1 Å². The van der Waals surface area contributed by atoms with Crippen LogP contribution >= 0.6 is 24.4 Å². The second-order valence-corrected chi connectivity index (χ2v) is 9.22. The van der Waals surface area contributed by atoms with Crippen molar-refractivity contribution in [1.82, 2.24) is 21.3 Å². The average Bonchev–Trinajstić information content (AvgIpc) is 2.65. The summed E-state index contributed by atoms with van der Waals surface area (Å²) in [5.74, 6) is 0. The maximum Gasteiger partial charge on any atom is 0.166 e. The van der Waals surface area contributed by atoms with Gasteiger partial charge in [0.2, 0.25) is 0 Å². The van der Waals surface area contributed by atoms with E-state index in [1.807, 2.05) is 0 Å². The largest absolute Gasteiger partial charge is 0.360 e. The lowest BCUT2D eigenvalue weighted by Crippen LogP contribution is -2.58. The minimum atomic E-state index is 0.374. The second-order valence-electron chi connectivity index (χ2n) is 8.40. The Balaban J connectivity index is 1.44. The smallest absolute Gasteiger partial charge is 0.166 e. The predicted molar refractivity (Wildman–Crippen MR) is 118 cm³/mol.